The Morgan fingerprint density at radius 1 is 1.59 bits per heavy atom. The van der Waals surface area contributed by atoms with Crippen molar-refractivity contribution < 1.29 is 14.0 Å². The number of anilines is 1. The summed E-state index contributed by atoms with van der Waals surface area (Å²) in [5, 5.41) is 2.42. The minimum atomic E-state index is -0.898. The molecule has 0 aromatic heterocycles. The molecule has 17 heavy (non-hydrogen) atoms. The first-order valence-corrected chi connectivity index (χ1v) is 5.11. The van der Waals surface area contributed by atoms with Crippen molar-refractivity contribution in [3.05, 3.63) is 29.6 Å². The molecule has 90 valence electrons. The van der Waals surface area contributed by atoms with Crippen LogP contribution in [0.5, 0.6) is 0 Å². The Balaban J connectivity index is 2.38. The van der Waals surface area contributed by atoms with E-state index in [2.05, 4.69) is 5.32 Å². The van der Waals surface area contributed by atoms with Crippen LogP contribution in [0.2, 0.25) is 0 Å². The lowest BCUT2D eigenvalue weighted by Crippen LogP contribution is -2.39. The van der Waals surface area contributed by atoms with Gasteiger partial charge in [0, 0.05) is 18.3 Å². The molecule has 0 spiro atoms. The standard InChI is InChI=1S/C11H12FN3O2/c1-14-9(16)5-15-8-3-2-6(12)4-7(8)10(13)11(15)17/h2-4,10H,5,13H2,1H3,(H,14,16). The second-order valence-corrected chi connectivity index (χ2v) is 3.78. The molecular formula is C11H12FN3O2. The van der Waals surface area contributed by atoms with Crippen LogP contribution in [0.3, 0.4) is 0 Å². The molecule has 0 radical (unpaired) electrons. The van der Waals surface area contributed by atoms with Gasteiger partial charge in [-0.05, 0) is 18.2 Å². The number of rotatable bonds is 2. The Labute approximate surface area is 97.4 Å². The number of nitrogens with one attached hydrogen (secondary N) is 1. The largest absolute Gasteiger partial charge is 0.358 e. The van der Waals surface area contributed by atoms with Gasteiger partial charge < -0.3 is 16.0 Å². The number of benzene rings is 1. The van der Waals surface area contributed by atoms with Gasteiger partial charge in [-0.25, -0.2) is 4.39 Å². The molecule has 0 saturated heterocycles. The van der Waals surface area contributed by atoms with Crippen molar-refractivity contribution in [1.82, 2.24) is 5.32 Å². The van der Waals surface area contributed by atoms with Crippen molar-refractivity contribution in [2.45, 2.75) is 6.04 Å². The van der Waals surface area contributed by atoms with Gasteiger partial charge in [-0.15, -0.1) is 0 Å². The molecule has 0 bridgehead atoms. The number of nitrogens with zero attached hydrogens (tertiary/aromatic N) is 1. The summed E-state index contributed by atoms with van der Waals surface area (Å²) in [6, 6.07) is 3.02. The Hall–Kier alpha value is -1.95. The summed E-state index contributed by atoms with van der Waals surface area (Å²) in [6.45, 7) is -0.109. The number of hydrogen-bond donors (Lipinski definition) is 2. The van der Waals surface area contributed by atoms with Gasteiger partial charge in [0.15, 0.2) is 0 Å². The van der Waals surface area contributed by atoms with E-state index >= 15 is 0 Å². The van der Waals surface area contributed by atoms with E-state index in [1.54, 1.807) is 0 Å². The minimum Gasteiger partial charge on any atom is -0.358 e. The van der Waals surface area contributed by atoms with E-state index in [4.69, 9.17) is 5.73 Å². The number of amides is 2. The molecule has 1 aromatic carbocycles. The van der Waals surface area contributed by atoms with Crippen LogP contribution < -0.4 is 16.0 Å². The zero-order valence-electron chi connectivity index (χ0n) is 9.24. The maximum Gasteiger partial charge on any atom is 0.249 e. The number of carbonyl (C=O) groups is 2. The molecule has 2 amide bonds. The second-order valence-electron chi connectivity index (χ2n) is 3.78. The fourth-order valence-electron chi connectivity index (χ4n) is 1.83. The van der Waals surface area contributed by atoms with Crippen LogP contribution in [0.4, 0.5) is 10.1 Å². The van der Waals surface area contributed by atoms with E-state index < -0.39 is 17.8 Å². The maximum absolute atomic E-state index is 13.1. The molecule has 1 aliphatic heterocycles. The quantitative estimate of drug-likeness (QED) is 0.755. The Bertz CT molecular complexity index is 490. The summed E-state index contributed by atoms with van der Waals surface area (Å²) >= 11 is 0. The van der Waals surface area contributed by atoms with Gasteiger partial charge >= 0.3 is 0 Å². The van der Waals surface area contributed by atoms with Crippen molar-refractivity contribution in [3.8, 4) is 0 Å². The van der Waals surface area contributed by atoms with Crippen LogP contribution in [0.25, 0.3) is 0 Å². The third-order valence-electron chi connectivity index (χ3n) is 2.73. The fraction of sp³-hybridized carbons (Fsp3) is 0.273. The third kappa shape index (κ3) is 1.87. The van der Waals surface area contributed by atoms with E-state index in [1.807, 2.05) is 0 Å². The van der Waals surface area contributed by atoms with Gasteiger partial charge in [-0.1, -0.05) is 0 Å². The summed E-state index contributed by atoms with van der Waals surface area (Å²) in [6.07, 6.45) is 0. The predicted molar refractivity (Wildman–Crippen MR) is 59.7 cm³/mol. The maximum atomic E-state index is 13.1. The summed E-state index contributed by atoms with van der Waals surface area (Å²) in [7, 11) is 1.48. The van der Waals surface area contributed by atoms with Crippen LogP contribution in [0.15, 0.2) is 18.2 Å². The number of likely N-dealkylation sites (N-methyl/N-ethyl adjacent to an activating group) is 1. The number of halogens is 1. The van der Waals surface area contributed by atoms with Crippen molar-refractivity contribution in [1.29, 1.82) is 0 Å². The van der Waals surface area contributed by atoms with Crippen molar-refractivity contribution >= 4 is 17.5 Å². The van der Waals surface area contributed by atoms with Gasteiger partial charge in [0.05, 0.1) is 0 Å². The van der Waals surface area contributed by atoms with Crippen LogP contribution in [0.1, 0.15) is 11.6 Å². The molecule has 1 atom stereocenters. The molecule has 6 heteroatoms. The van der Waals surface area contributed by atoms with Gasteiger partial charge in [0.25, 0.3) is 0 Å². The van der Waals surface area contributed by atoms with Crippen molar-refractivity contribution in [3.63, 3.8) is 0 Å². The molecule has 0 fully saturated rings. The minimum absolute atomic E-state index is 0.109. The SMILES string of the molecule is CNC(=O)CN1C(=O)C(N)c2cc(F)ccc21. The first-order valence-electron chi connectivity index (χ1n) is 5.11. The van der Waals surface area contributed by atoms with Crippen LogP contribution in [-0.4, -0.2) is 25.4 Å². The van der Waals surface area contributed by atoms with E-state index in [1.165, 1.54) is 30.1 Å². The van der Waals surface area contributed by atoms with E-state index in [-0.39, 0.29) is 12.5 Å². The van der Waals surface area contributed by atoms with Gasteiger partial charge in [0.2, 0.25) is 11.8 Å². The monoisotopic (exact) mass is 237 g/mol. The molecule has 5 nitrogen and oxygen atoms in total. The number of carbonyl (C=O) groups excluding carboxylic acids is 2. The normalized spacial score (nSPS) is 18.2. The van der Waals surface area contributed by atoms with Gasteiger partial charge in [-0.2, -0.15) is 0 Å². The average molecular weight is 237 g/mol. The zero-order chi connectivity index (χ0) is 12.6. The summed E-state index contributed by atoms with van der Waals surface area (Å²) in [5.74, 6) is -1.15. The summed E-state index contributed by atoms with van der Waals surface area (Å²) < 4.78 is 13.1. The third-order valence-corrected chi connectivity index (χ3v) is 2.73. The number of fused-ring (bicyclic) bond motifs is 1. The Morgan fingerprint density at radius 2 is 2.29 bits per heavy atom. The molecule has 0 saturated carbocycles. The predicted octanol–water partition coefficient (Wildman–Crippen LogP) is -0.0819. The molecule has 1 unspecified atom stereocenters. The van der Waals surface area contributed by atoms with E-state index in [0.29, 0.717) is 11.3 Å². The molecule has 2 rings (SSSR count). The molecule has 3 N–H and O–H groups in total. The number of hydrogen-bond acceptors (Lipinski definition) is 3. The lowest BCUT2D eigenvalue weighted by Gasteiger charge is -2.16. The van der Waals surface area contributed by atoms with Crippen LogP contribution in [0, 0.1) is 5.82 Å². The first-order chi connectivity index (χ1) is 8.04. The molecule has 0 aliphatic carbocycles. The topological polar surface area (TPSA) is 75.4 Å². The van der Waals surface area contributed by atoms with Gasteiger partial charge in [-0.3, -0.25) is 9.59 Å². The van der Waals surface area contributed by atoms with Crippen molar-refractivity contribution in [2.24, 2.45) is 5.73 Å². The zero-order valence-corrected chi connectivity index (χ0v) is 9.24. The lowest BCUT2D eigenvalue weighted by atomic mass is 10.1. The molecular weight excluding hydrogens is 225 g/mol. The molecule has 1 aliphatic rings. The summed E-state index contributed by atoms with van der Waals surface area (Å²) in [5.41, 5.74) is 6.59. The Kier molecular flexibility index (Phi) is 2.81. The number of nitrogens with two attached hydrogens (primary N) is 1. The van der Waals surface area contributed by atoms with E-state index in [0.717, 1.165) is 0 Å². The van der Waals surface area contributed by atoms with Crippen LogP contribution in [-0.2, 0) is 9.59 Å². The highest BCUT2D eigenvalue weighted by atomic mass is 19.1. The summed E-state index contributed by atoms with van der Waals surface area (Å²) in [4.78, 5) is 24.4. The smallest absolute Gasteiger partial charge is 0.249 e. The highest BCUT2D eigenvalue weighted by molar-refractivity contribution is 6.07. The second kappa shape index (κ2) is 4.14. The van der Waals surface area contributed by atoms with Gasteiger partial charge in [0.1, 0.15) is 18.4 Å². The highest BCUT2D eigenvalue weighted by Crippen LogP contribution is 2.34. The van der Waals surface area contributed by atoms with E-state index in [9.17, 15) is 14.0 Å². The van der Waals surface area contributed by atoms with Crippen LogP contribution >= 0.6 is 0 Å². The highest BCUT2D eigenvalue weighted by Gasteiger charge is 2.35. The lowest BCUT2D eigenvalue weighted by molar-refractivity contribution is -0.123. The average Bonchev–Trinajstić information content (AvgIpc) is 2.54. The van der Waals surface area contributed by atoms with Crippen molar-refractivity contribution in [2.75, 3.05) is 18.5 Å². The molecule has 1 heterocycles. The first kappa shape index (κ1) is 11.5. The molecule has 1 aromatic rings. The fourth-order valence-corrected chi connectivity index (χ4v) is 1.83. The Morgan fingerprint density at radius 3 is 2.94 bits per heavy atom.